The van der Waals surface area contributed by atoms with Crippen LogP contribution in [0.1, 0.15) is 17.3 Å². The highest BCUT2D eigenvalue weighted by Gasteiger charge is 2.14. The van der Waals surface area contributed by atoms with Gasteiger partial charge in [-0.25, -0.2) is 4.39 Å². The second kappa shape index (κ2) is 5.63. The molecular formula is C10H10BrFN4S. The SMILES string of the molecule is NNC(Cc1cc(F)cc(Br)c1)c1csnn1. The Morgan fingerprint density at radius 2 is 2.29 bits per heavy atom. The van der Waals surface area contributed by atoms with E-state index >= 15 is 0 Å². The molecular weight excluding hydrogens is 307 g/mol. The molecule has 0 radical (unpaired) electrons. The zero-order valence-electron chi connectivity index (χ0n) is 8.73. The van der Waals surface area contributed by atoms with E-state index in [1.807, 2.05) is 11.4 Å². The van der Waals surface area contributed by atoms with Crippen LogP contribution in [0, 0.1) is 5.82 Å². The summed E-state index contributed by atoms with van der Waals surface area (Å²) in [5.74, 6) is 5.19. The molecule has 0 saturated carbocycles. The molecule has 0 aliphatic heterocycles. The van der Waals surface area contributed by atoms with Gasteiger partial charge in [-0.05, 0) is 41.7 Å². The summed E-state index contributed by atoms with van der Waals surface area (Å²) in [7, 11) is 0. The van der Waals surface area contributed by atoms with Crippen LogP contribution in [-0.4, -0.2) is 9.59 Å². The van der Waals surface area contributed by atoms with Crippen LogP contribution in [0.2, 0.25) is 0 Å². The highest BCUT2D eigenvalue weighted by atomic mass is 79.9. The predicted molar refractivity (Wildman–Crippen MR) is 67.8 cm³/mol. The average Bonchev–Trinajstić information content (AvgIpc) is 2.77. The normalized spacial score (nSPS) is 12.6. The van der Waals surface area contributed by atoms with Crippen molar-refractivity contribution in [1.29, 1.82) is 0 Å². The van der Waals surface area contributed by atoms with Gasteiger partial charge in [0.25, 0.3) is 0 Å². The van der Waals surface area contributed by atoms with E-state index in [1.54, 1.807) is 0 Å². The van der Waals surface area contributed by atoms with Crippen LogP contribution in [0.25, 0.3) is 0 Å². The van der Waals surface area contributed by atoms with Gasteiger partial charge >= 0.3 is 0 Å². The molecule has 1 atom stereocenters. The predicted octanol–water partition coefficient (Wildman–Crippen LogP) is 2.19. The minimum Gasteiger partial charge on any atom is -0.271 e. The summed E-state index contributed by atoms with van der Waals surface area (Å²) in [6.45, 7) is 0. The van der Waals surface area contributed by atoms with Crippen LogP contribution in [0.3, 0.4) is 0 Å². The zero-order valence-corrected chi connectivity index (χ0v) is 11.1. The highest BCUT2D eigenvalue weighted by molar-refractivity contribution is 9.10. The van der Waals surface area contributed by atoms with Crippen LogP contribution in [0.5, 0.6) is 0 Å². The van der Waals surface area contributed by atoms with Gasteiger partial charge in [-0.15, -0.1) is 5.10 Å². The molecule has 90 valence electrons. The Morgan fingerprint density at radius 3 is 2.88 bits per heavy atom. The van der Waals surface area contributed by atoms with Crippen molar-refractivity contribution in [1.82, 2.24) is 15.0 Å². The lowest BCUT2D eigenvalue weighted by atomic mass is 10.0. The van der Waals surface area contributed by atoms with Crippen molar-refractivity contribution in [3.8, 4) is 0 Å². The molecule has 3 N–H and O–H groups in total. The molecule has 0 aliphatic carbocycles. The van der Waals surface area contributed by atoms with Crippen LogP contribution < -0.4 is 11.3 Å². The quantitative estimate of drug-likeness (QED) is 0.670. The van der Waals surface area contributed by atoms with E-state index in [0.717, 1.165) is 11.3 Å². The van der Waals surface area contributed by atoms with Crippen LogP contribution >= 0.6 is 27.5 Å². The number of halogens is 2. The Bertz CT molecular complexity index is 471. The molecule has 4 nitrogen and oxygen atoms in total. The number of nitrogens with one attached hydrogen (secondary N) is 1. The third kappa shape index (κ3) is 3.29. The van der Waals surface area contributed by atoms with Gasteiger partial charge in [0.15, 0.2) is 0 Å². The topological polar surface area (TPSA) is 63.8 Å². The lowest BCUT2D eigenvalue weighted by Gasteiger charge is -2.13. The second-order valence-electron chi connectivity index (χ2n) is 3.53. The number of hydrogen-bond donors (Lipinski definition) is 2. The van der Waals surface area contributed by atoms with E-state index in [-0.39, 0.29) is 11.9 Å². The number of hydrogen-bond acceptors (Lipinski definition) is 5. The van der Waals surface area contributed by atoms with Crippen molar-refractivity contribution >= 4 is 27.5 Å². The Labute approximate surface area is 110 Å². The molecule has 1 aromatic carbocycles. The molecule has 0 spiro atoms. The largest absolute Gasteiger partial charge is 0.271 e. The van der Waals surface area contributed by atoms with Gasteiger partial charge in [-0.1, -0.05) is 20.4 Å². The summed E-state index contributed by atoms with van der Waals surface area (Å²) in [5, 5.41) is 5.77. The first-order valence-electron chi connectivity index (χ1n) is 4.87. The molecule has 0 bridgehead atoms. The molecule has 0 amide bonds. The molecule has 0 fully saturated rings. The third-order valence-corrected chi connectivity index (χ3v) is 3.28. The molecule has 17 heavy (non-hydrogen) atoms. The van der Waals surface area contributed by atoms with E-state index in [0.29, 0.717) is 10.9 Å². The summed E-state index contributed by atoms with van der Waals surface area (Å²) >= 11 is 4.52. The van der Waals surface area contributed by atoms with E-state index in [4.69, 9.17) is 5.84 Å². The van der Waals surface area contributed by atoms with Gasteiger partial charge in [0.05, 0.1) is 11.7 Å². The Balaban J connectivity index is 2.18. The van der Waals surface area contributed by atoms with Crippen molar-refractivity contribution in [2.24, 2.45) is 5.84 Å². The first kappa shape index (κ1) is 12.6. The molecule has 0 aliphatic rings. The van der Waals surface area contributed by atoms with Crippen molar-refractivity contribution in [3.05, 3.63) is 45.1 Å². The summed E-state index contributed by atoms with van der Waals surface area (Å²) in [4.78, 5) is 0. The maximum Gasteiger partial charge on any atom is 0.124 e. The number of hydrazine groups is 1. The maximum atomic E-state index is 13.2. The number of nitrogens with two attached hydrogens (primary N) is 1. The van der Waals surface area contributed by atoms with Gasteiger partial charge in [0.1, 0.15) is 5.82 Å². The Kier molecular flexibility index (Phi) is 4.16. The summed E-state index contributed by atoms with van der Waals surface area (Å²) < 4.78 is 17.7. The smallest absolute Gasteiger partial charge is 0.124 e. The van der Waals surface area contributed by atoms with Crippen molar-refractivity contribution in [3.63, 3.8) is 0 Å². The van der Waals surface area contributed by atoms with E-state index in [1.165, 1.54) is 23.7 Å². The lowest BCUT2D eigenvalue weighted by molar-refractivity contribution is 0.534. The fourth-order valence-corrected chi connectivity index (χ4v) is 2.56. The lowest BCUT2D eigenvalue weighted by Crippen LogP contribution is -2.29. The molecule has 1 heterocycles. The first-order valence-corrected chi connectivity index (χ1v) is 6.50. The van der Waals surface area contributed by atoms with Crippen molar-refractivity contribution < 1.29 is 4.39 Å². The minimum absolute atomic E-state index is 0.164. The van der Waals surface area contributed by atoms with Crippen molar-refractivity contribution in [2.45, 2.75) is 12.5 Å². The van der Waals surface area contributed by atoms with Crippen LogP contribution in [0.4, 0.5) is 4.39 Å². The van der Waals surface area contributed by atoms with Gasteiger partial charge in [0.2, 0.25) is 0 Å². The highest BCUT2D eigenvalue weighted by Crippen LogP contribution is 2.20. The summed E-state index contributed by atoms with van der Waals surface area (Å²) in [6, 6.07) is 4.59. The number of benzene rings is 1. The minimum atomic E-state index is -0.276. The Morgan fingerprint density at radius 1 is 1.47 bits per heavy atom. The Hall–Kier alpha value is -0.890. The molecule has 2 aromatic rings. The van der Waals surface area contributed by atoms with Gasteiger partial charge < -0.3 is 0 Å². The average molecular weight is 317 g/mol. The van der Waals surface area contributed by atoms with E-state index in [2.05, 4.69) is 30.9 Å². The molecule has 7 heteroatoms. The molecule has 1 aromatic heterocycles. The monoisotopic (exact) mass is 316 g/mol. The maximum absolute atomic E-state index is 13.2. The molecule has 2 rings (SSSR count). The number of aromatic nitrogens is 2. The van der Waals surface area contributed by atoms with Crippen LogP contribution in [0.15, 0.2) is 28.1 Å². The fourth-order valence-electron chi connectivity index (χ4n) is 1.54. The molecule has 1 unspecified atom stereocenters. The summed E-state index contributed by atoms with van der Waals surface area (Å²) in [6.07, 6.45) is 0.554. The first-order chi connectivity index (χ1) is 8.19. The number of rotatable bonds is 4. The fraction of sp³-hybridized carbons (Fsp3) is 0.200. The van der Waals surface area contributed by atoms with E-state index in [9.17, 15) is 4.39 Å². The van der Waals surface area contributed by atoms with Gasteiger partial charge in [-0.2, -0.15) is 0 Å². The third-order valence-electron chi connectivity index (χ3n) is 2.30. The standard InChI is InChI=1S/C10H10BrFN4S/c11-7-1-6(2-8(12)4-7)3-9(14-13)10-5-17-16-15-10/h1-2,4-5,9,14H,3,13H2. The number of nitrogens with zero attached hydrogens (tertiary/aromatic N) is 2. The summed E-state index contributed by atoms with van der Waals surface area (Å²) in [5.41, 5.74) is 4.26. The zero-order chi connectivity index (χ0) is 12.3. The second-order valence-corrected chi connectivity index (χ2v) is 5.06. The van der Waals surface area contributed by atoms with Crippen molar-refractivity contribution in [2.75, 3.05) is 0 Å². The van der Waals surface area contributed by atoms with Crippen LogP contribution in [-0.2, 0) is 6.42 Å². The van der Waals surface area contributed by atoms with Gasteiger partial charge in [-0.3, -0.25) is 11.3 Å². The van der Waals surface area contributed by atoms with Gasteiger partial charge in [0, 0.05) is 9.85 Å². The molecule has 0 saturated heterocycles. The van der Waals surface area contributed by atoms with E-state index < -0.39 is 0 Å².